The Morgan fingerprint density at radius 3 is 2.93 bits per heavy atom. The first-order valence-corrected chi connectivity index (χ1v) is 5.19. The molecule has 4 heteroatoms. The summed E-state index contributed by atoms with van der Waals surface area (Å²) in [5.41, 5.74) is 0.712. The first-order valence-electron chi connectivity index (χ1n) is 5.19. The van der Waals surface area contributed by atoms with E-state index < -0.39 is 0 Å². The fourth-order valence-electron chi connectivity index (χ4n) is 2.05. The van der Waals surface area contributed by atoms with Crippen LogP contribution in [0.15, 0.2) is 24.5 Å². The monoisotopic (exact) mass is 204 g/mol. The fraction of sp³-hybridized carbons (Fsp3) is 0.455. The summed E-state index contributed by atoms with van der Waals surface area (Å²) in [5, 5.41) is 0. The topological polar surface area (TPSA) is 45.7 Å². The number of likely N-dealkylation sites (tertiary alicyclic amines) is 1. The SMILES string of the molecule is O=C(c1ccncc1)N1CCC2OC2C1. The van der Waals surface area contributed by atoms with Crippen molar-refractivity contribution in [1.29, 1.82) is 0 Å². The van der Waals surface area contributed by atoms with Crippen LogP contribution in [0.1, 0.15) is 16.8 Å². The minimum Gasteiger partial charge on any atom is -0.368 e. The molecule has 2 fully saturated rings. The van der Waals surface area contributed by atoms with Crippen molar-refractivity contribution >= 4 is 5.91 Å². The maximum atomic E-state index is 12.0. The Balaban J connectivity index is 1.74. The van der Waals surface area contributed by atoms with Crippen molar-refractivity contribution in [3.05, 3.63) is 30.1 Å². The molecule has 1 amide bonds. The van der Waals surface area contributed by atoms with Crippen LogP contribution in [0.4, 0.5) is 0 Å². The number of piperidine rings is 1. The molecule has 2 unspecified atom stereocenters. The van der Waals surface area contributed by atoms with Gasteiger partial charge in [-0.05, 0) is 18.6 Å². The number of amides is 1. The van der Waals surface area contributed by atoms with Crippen molar-refractivity contribution < 1.29 is 9.53 Å². The molecule has 4 nitrogen and oxygen atoms in total. The number of carbonyl (C=O) groups excluding carboxylic acids is 1. The van der Waals surface area contributed by atoms with Crippen LogP contribution in [-0.2, 0) is 4.74 Å². The predicted octanol–water partition coefficient (Wildman–Crippen LogP) is 0.695. The van der Waals surface area contributed by atoms with Crippen LogP contribution in [-0.4, -0.2) is 41.1 Å². The highest BCUT2D eigenvalue weighted by molar-refractivity contribution is 5.94. The Morgan fingerprint density at radius 2 is 2.20 bits per heavy atom. The van der Waals surface area contributed by atoms with Crippen LogP contribution in [0.2, 0.25) is 0 Å². The Bertz CT molecular complexity index is 379. The van der Waals surface area contributed by atoms with Gasteiger partial charge in [0.1, 0.15) is 6.10 Å². The third-order valence-corrected chi connectivity index (χ3v) is 2.99. The Morgan fingerprint density at radius 1 is 1.40 bits per heavy atom. The van der Waals surface area contributed by atoms with Gasteiger partial charge in [-0.2, -0.15) is 0 Å². The molecule has 2 saturated heterocycles. The van der Waals surface area contributed by atoms with Gasteiger partial charge in [0.05, 0.1) is 6.10 Å². The minimum atomic E-state index is 0.0892. The largest absolute Gasteiger partial charge is 0.368 e. The summed E-state index contributed by atoms with van der Waals surface area (Å²) in [6.45, 7) is 1.55. The lowest BCUT2D eigenvalue weighted by Crippen LogP contribution is -2.39. The minimum absolute atomic E-state index is 0.0892. The van der Waals surface area contributed by atoms with Gasteiger partial charge in [-0.25, -0.2) is 0 Å². The van der Waals surface area contributed by atoms with Gasteiger partial charge in [-0.1, -0.05) is 0 Å². The molecule has 78 valence electrons. The molecular weight excluding hydrogens is 192 g/mol. The van der Waals surface area contributed by atoms with E-state index in [0.29, 0.717) is 17.8 Å². The highest BCUT2D eigenvalue weighted by atomic mass is 16.6. The van der Waals surface area contributed by atoms with Gasteiger partial charge in [0.25, 0.3) is 5.91 Å². The summed E-state index contributed by atoms with van der Waals surface area (Å²) in [5.74, 6) is 0.0892. The standard InChI is InChI=1S/C11H12N2O2/c14-11(8-1-4-12-5-2-8)13-6-3-9-10(7-13)15-9/h1-2,4-5,9-10H,3,6-7H2. The molecule has 0 saturated carbocycles. The van der Waals surface area contributed by atoms with Crippen molar-refractivity contribution in [3.8, 4) is 0 Å². The van der Waals surface area contributed by atoms with Gasteiger partial charge < -0.3 is 9.64 Å². The van der Waals surface area contributed by atoms with E-state index in [2.05, 4.69) is 4.98 Å². The Hall–Kier alpha value is -1.42. The molecule has 1 aromatic rings. The molecule has 0 radical (unpaired) electrons. The van der Waals surface area contributed by atoms with E-state index in [1.54, 1.807) is 24.5 Å². The summed E-state index contributed by atoms with van der Waals surface area (Å²) >= 11 is 0. The lowest BCUT2D eigenvalue weighted by molar-refractivity contribution is 0.0736. The van der Waals surface area contributed by atoms with Crippen molar-refractivity contribution in [2.75, 3.05) is 13.1 Å². The van der Waals surface area contributed by atoms with Crippen LogP contribution < -0.4 is 0 Å². The average Bonchev–Trinajstić information content (AvgIpc) is 3.07. The van der Waals surface area contributed by atoms with Crippen LogP contribution in [0.25, 0.3) is 0 Å². The van der Waals surface area contributed by atoms with E-state index in [1.165, 1.54) is 0 Å². The molecule has 0 spiro atoms. The molecule has 0 aliphatic carbocycles. The third kappa shape index (κ3) is 1.61. The van der Waals surface area contributed by atoms with Gasteiger partial charge in [0.15, 0.2) is 0 Å². The summed E-state index contributed by atoms with van der Waals surface area (Å²) in [4.78, 5) is 17.8. The first-order chi connectivity index (χ1) is 7.34. The molecule has 2 aliphatic heterocycles. The number of pyridine rings is 1. The molecule has 0 aromatic carbocycles. The fourth-order valence-corrected chi connectivity index (χ4v) is 2.05. The summed E-state index contributed by atoms with van der Waals surface area (Å²) in [6, 6.07) is 3.50. The second-order valence-corrected chi connectivity index (χ2v) is 3.99. The predicted molar refractivity (Wildman–Crippen MR) is 53.4 cm³/mol. The van der Waals surface area contributed by atoms with Gasteiger partial charge in [-0.15, -0.1) is 0 Å². The molecule has 3 heterocycles. The Labute approximate surface area is 87.9 Å². The molecule has 0 bridgehead atoms. The lowest BCUT2D eigenvalue weighted by atomic mass is 10.1. The van der Waals surface area contributed by atoms with Crippen molar-refractivity contribution in [2.24, 2.45) is 0 Å². The van der Waals surface area contributed by atoms with Crippen molar-refractivity contribution in [3.63, 3.8) is 0 Å². The van der Waals surface area contributed by atoms with E-state index in [0.717, 1.165) is 19.5 Å². The highest BCUT2D eigenvalue weighted by Crippen LogP contribution is 2.31. The van der Waals surface area contributed by atoms with Gasteiger partial charge in [0.2, 0.25) is 0 Å². The van der Waals surface area contributed by atoms with E-state index in [1.807, 2.05) is 4.90 Å². The zero-order chi connectivity index (χ0) is 10.3. The molecule has 2 atom stereocenters. The second kappa shape index (κ2) is 3.31. The van der Waals surface area contributed by atoms with E-state index >= 15 is 0 Å². The molecule has 15 heavy (non-hydrogen) atoms. The number of ether oxygens (including phenoxy) is 1. The number of rotatable bonds is 1. The smallest absolute Gasteiger partial charge is 0.254 e. The highest BCUT2D eigenvalue weighted by Gasteiger charge is 2.44. The molecule has 2 aliphatic rings. The number of aromatic nitrogens is 1. The molecule has 1 aromatic heterocycles. The van der Waals surface area contributed by atoms with Gasteiger partial charge >= 0.3 is 0 Å². The van der Waals surface area contributed by atoms with Gasteiger partial charge in [0, 0.05) is 31.0 Å². The van der Waals surface area contributed by atoms with Crippen LogP contribution in [0, 0.1) is 0 Å². The number of hydrogen-bond donors (Lipinski definition) is 0. The average molecular weight is 204 g/mol. The summed E-state index contributed by atoms with van der Waals surface area (Å²) < 4.78 is 5.39. The Kier molecular flexibility index (Phi) is 1.95. The summed E-state index contributed by atoms with van der Waals surface area (Å²) in [6.07, 6.45) is 4.99. The summed E-state index contributed by atoms with van der Waals surface area (Å²) in [7, 11) is 0. The maximum absolute atomic E-state index is 12.0. The number of nitrogens with zero attached hydrogens (tertiary/aromatic N) is 2. The van der Waals surface area contributed by atoms with Crippen LogP contribution in [0.5, 0.6) is 0 Å². The normalized spacial score (nSPS) is 28.4. The lowest BCUT2D eigenvalue weighted by Gasteiger charge is -2.24. The molecule has 0 N–H and O–H groups in total. The van der Waals surface area contributed by atoms with E-state index in [-0.39, 0.29) is 5.91 Å². The number of carbonyl (C=O) groups is 1. The third-order valence-electron chi connectivity index (χ3n) is 2.99. The number of hydrogen-bond acceptors (Lipinski definition) is 3. The number of epoxide rings is 1. The molecular formula is C11H12N2O2. The van der Waals surface area contributed by atoms with E-state index in [9.17, 15) is 4.79 Å². The van der Waals surface area contributed by atoms with Crippen LogP contribution >= 0.6 is 0 Å². The maximum Gasteiger partial charge on any atom is 0.254 e. The first kappa shape index (κ1) is 8.85. The van der Waals surface area contributed by atoms with E-state index in [4.69, 9.17) is 4.74 Å². The quantitative estimate of drug-likeness (QED) is 0.632. The second-order valence-electron chi connectivity index (χ2n) is 3.99. The number of fused-ring (bicyclic) bond motifs is 1. The van der Waals surface area contributed by atoms with Crippen molar-refractivity contribution in [2.45, 2.75) is 18.6 Å². The molecule has 3 rings (SSSR count). The zero-order valence-electron chi connectivity index (χ0n) is 8.30. The zero-order valence-corrected chi connectivity index (χ0v) is 8.30. The van der Waals surface area contributed by atoms with Gasteiger partial charge in [-0.3, -0.25) is 9.78 Å². The van der Waals surface area contributed by atoms with Crippen LogP contribution in [0.3, 0.4) is 0 Å². The van der Waals surface area contributed by atoms with Crippen molar-refractivity contribution in [1.82, 2.24) is 9.88 Å².